The van der Waals surface area contributed by atoms with E-state index in [1.807, 2.05) is 0 Å². The van der Waals surface area contributed by atoms with Gasteiger partial charge in [-0.2, -0.15) is 0 Å². The first-order valence-electron chi connectivity index (χ1n) is 8.01. The Hall–Kier alpha value is -0.820. The number of nitrogens with one attached hydrogen (secondary N) is 1. The quantitative estimate of drug-likeness (QED) is 0.596. The van der Waals surface area contributed by atoms with Crippen LogP contribution < -0.4 is 5.32 Å². The molecule has 0 radical (unpaired) electrons. The lowest BCUT2D eigenvalue weighted by atomic mass is 9.97. The topological polar surface area (TPSA) is 12.0 Å². The first-order valence-corrected chi connectivity index (χ1v) is 8.01. The van der Waals surface area contributed by atoms with Crippen molar-refractivity contribution in [1.82, 2.24) is 5.32 Å². The molecule has 0 spiro atoms. The third-order valence-electron chi connectivity index (χ3n) is 3.78. The maximum atomic E-state index is 3.68. The van der Waals surface area contributed by atoms with E-state index in [1.165, 1.54) is 44.1 Å². The largest absolute Gasteiger partial charge is 0.314 e. The average Bonchev–Trinajstić information content (AvgIpc) is 2.42. The van der Waals surface area contributed by atoms with Crippen molar-refractivity contribution in [2.24, 2.45) is 5.92 Å². The minimum atomic E-state index is 0.705. The minimum absolute atomic E-state index is 0.705. The molecule has 108 valence electrons. The van der Waals surface area contributed by atoms with Crippen LogP contribution in [0.25, 0.3) is 0 Å². The first kappa shape index (κ1) is 16.2. The number of unbranched alkanes of at least 4 members (excludes halogenated alkanes) is 2. The summed E-state index contributed by atoms with van der Waals surface area (Å²) in [6, 6.07) is 11.5. The summed E-state index contributed by atoms with van der Waals surface area (Å²) in [4.78, 5) is 0. The van der Waals surface area contributed by atoms with E-state index in [9.17, 15) is 0 Å². The molecule has 0 bridgehead atoms. The fraction of sp³-hybridized carbons (Fsp3) is 0.667. The summed E-state index contributed by atoms with van der Waals surface area (Å²) < 4.78 is 0. The van der Waals surface area contributed by atoms with Gasteiger partial charge in [-0.15, -0.1) is 0 Å². The van der Waals surface area contributed by atoms with E-state index in [-0.39, 0.29) is 0 Å². The fourth-order valence-corrected chi connectivity index (χ4v) is 2.52. The van der Waals surface area contributed by atoms with Crippen LogP contribution in [0.4, 0.5) is 0 Å². The van der Waals surface area contributed by atoms with Gasteiger partial charge in [0.25, 0.3) is 0 Å². The summed E-state index contributed by atoms with van der Waals surface area (Å²) in [5, 5.41) is 3.68. The lowest BCUT2D eigenvalue weighted by Gasteiger charge is -2.22. The van der Waals surface area contributed by atoms with Gasteiger partial charge >= 0.3 is 0 Å². The van der Waals surface area contributed by atoms with Crippen LogP contribution in [0, 0.1) is 5.92 Å². The van der Waals surface area contributed by atoms with Crippen molar-refractivity contribution in [1.29, 1.82) is 0 Å². The van der Waals surface area contributed by atoms with Crippen LogP contribution in [0.1, 0.15) is 58.4 Å². The lowest BCUT2D eigenvalue weighted by Crippen LogP contribution is -2.34. The molecule has 0 amide bonds. The zero-order chi connectivity index (χ0) is 13.9. The highest BCUT2D eigenvalue weighted by molar-refractivity contribution is 5.14. The Morgan fingerprint density at radius 3 is 2.37 bits per heavy atom. The van der Waals surface area contributed by atoms with Gasteiger partial charge in [-0.05, 0) is 43.7 Å². The Bertz CT molecular complexity index is 305. The van der Waals surface area contributed by atoms with Crippen molar-refractivity contribution in [3.8, 4) is 0 Å². The molecule has 1 unspecified atom stereocenters. The Kier molecular flexibility index (Phi) is 8.57. The highest BCUT2D eigenvalue weighted by Gasteiger charge is 2.11. The van der Waals surface area contributed by atoms with Crippen molar-refractivity contribution < 1.29 is 0 Å². The maximum absolute atomic E-state index is 3.68. The van der Waals surface area contributed by atoms with E-state index in [2.05, 4.69) is 56.4 Å². The number of rotatable bonds is 10. The minimum Gasteiger partial charge on any atom is -0.314 e. The zero-order valence-electron chi connectivity index (χ0n) is 13.0. The van der Waals surface area contributed by atoms with Gasteiger partial charge in [0, 0.05) is 6.04 Å². The predicted octanol–water partition coefficient (Wildman–Crippen LogP) is 4.81. The molecular weight excluding hydrogens is 230 g/mol. The molecule has 1 atom stereocenters. The average molecular weight is 261 g/mol. The smallest absolute Gasteiger partial charge is 0.00900 e. The van der Waals surface area contributed by atoms with Crippen LogP contribution in [0.15, 0.2) is 30.3 Å². The van der Waals surface area contributed by atoms with Crippen molar-refractivity contribution in [2.75, 3.05) is 6.54 Å². The van der Waals surface area contributed by atoms with Crippen LogP contribution in [0.5, 0.6) is 0 Å². The van der Waals surface area contributed by atoms with Gasteiger partial charge in [-0.1, -0.05) is 63.9 Å². The van der Waals surface area contributed by atoms with Crippen LogP contribution >= 0.6 is 0 Å². The number of aryl methyl sites for hydroxylation is 1. The fourth-order valence-electron chi connectivity index (χ4n) is 2.52. The lowest BCUT2D eigenvalue weighted by molar-refractivity contribution is 0.365. The Morgan fingerprint density at radius 1 is 1.00 bits per heavy atom. The van der Waals surface area contributed by atoms with Crippen LogP contribution in [0.3, 0.4) is 0 Å². The van der Waals surface area contributed by atoms with Gasteiger partial charge < -0.3 is 5.32 Å². The molecule has 0 saturated heterocycles. The summed E-state index contributed by atoms with van der Waals surface area (Å²) in [5.41, 5.74) is 1.48. The summed E-state index contributed by atoms with van der Waals surface area (Å²) in [6.07, 6.45) is 7.82. The Balaban J connectivity index is 2.11. The van der Waals surface area contributed by atoms with Crippen molar-refractivity contribution in [2.45, 2.75) is 65.3 Å². The van der Waals surface area contributed by atoms with Crippen LogP contribution in [-0.4, -0.2) is 12.6 Å². The molecule has 0 heterocycles. The monoisotopic (exact) mass is 261 g/mol. The molecule has 0 aliphatic rings. The van der Waals surface area contributed by atoms with E-state index in [4.69, 9.17) is 0 Å². The highest BCUT2D eigenvalue weighted by Crippen LogP contribution is 2.13. The Morgan fingerprint density at radius 2 is 1.74 bits per heavy atom. The number of hydrogen-bond donors (Lipinski definition) is 1. The van der Waals surface area contributed by atoms with Crippen molar-refractivity contribution in [3.63, 3.8) is 0 Å². The molecule has 19 heavy (non-hydrogen) atoms. The van der Waals surface area contributed by atoms with Gasteiger partial charge in [-0.3, -0.25) is 0 Å². The summed E-state index contributed by atoms with van der Waals surface area (Å²) in [6.45, 7) is 8.06. The highest BCUT2D eigenvalue weighted by atomic mass is 14.9. The molecule has 0 saturated carbocycles. The number of hydrogen-bond acceptors (Lipinski definition) is 1. The zero-order valence-corrected chi connectivity index (χ0v) is 13.0. The summed E-state index contributed by atoms with van der Waals surface area (Å²) in [5.74, 6) is 0.751. The molecule has 1 heteroatoms. The van der Waals surface area contributed by atoms with Gasteiger partial charge in [0.1, 0.15) is 0 Å². The maximum Gasteiger partial charge on any atom is 0.00900 e. The van der Waals surface area contributed by atoms with Crippen molar-refractivity contribution >= 4 is 0 Å². The van der Waals surface area contributed by atoms with E-state index in [1.54, 1.807) is 0 Å². The molecular formula is C18H31N. The third kappa shape index (κ3) is 7.37. The molecule has 0 aliphatic carbocycles. The van der Waals surface area contributed by atoms with E-state index >= 15 is 0 Å². The Labute approximate surface area is 119 Å². The molecule has 1 N–H and O–H groups in total. The predicted molar refractivity (Wildman–Crippen MR) is 85.5 cm³/mol. The second-order valence-electron chi connectivity index (χ2n) is 5.89. The number of benzene rings is 1. The van der Waals surface area contributed by atoms with Crippen LogP contribution in [0.2, 0.25) is 0 Å². The first-order chi connectivity index (χ1) is 9.24. The second-order valence-corrected chi connectivity index (χ2v) is 5.89. The van der Waals surface area contributed by atoms with Gasteiger partial charge in [0.15, 0.2) is 0 Å². The molecule has 1 nitrogen and oxygen atoms in total. The summed E-state index contributed by atoms with van der Waals surface area (Å²) >= 11 is 0. The summed E-state index contributed by atoms with van der Waals surface area (Å²) in [7, 11) is 0. The SMILES string of the molecule is CCCNC(CCCCCc1ccccc1)C(C)C. The van der Waals surface area contributed by atoms with Gasteiger partial charge in [-0.25, -0.2) is 0 Å². The molecule has 0 fully saturated rings. The third-order valence-corrected chi connectivity index (χ3v) is 3.78. The van der Waals surface area contributed by atoms with E-state index in [0.717, 1.165) is 12.5 Å². The second kappa shape index (κ2) is 10.0. The van der Waals surface area contributed by atoms with Gasteiger partial charge in [0.05, 0.1) is 0 Å². The normalized spacial score (nSPS) is 12.8. The molecule has 0 aliphatic heterocycles. The van der Waals surface area contributed by atoms with Crippen LogP contribution in [-0.2, 0) is 6.42 Å². The van der Waals surface area contributed by atoms with E-state index in [0.29, 0.717) is 6.04 Å². The van der Waals surface area contributed by atoms with Gasteiger partial charge in [0.2, 0.25) is 0 Å². The molecule has 1 rings (SSSR count). The molecule has 1 aromatic rings. The molecule has 0 aromatic heterocycles. The standard InChI is InChI=1S/C18H31N/c1-4-15-19-18(16(2)3)14-10-6-9-13-17-11-7-5-8-12-17/h5,7-8,11-12,16,18-19H,4,6,9-10,13-15H2,1-3H3. The molecule has 1 aromatic carbocycles. The van der Waals surface area contributed by atoms with Crippen molar-refractivity contribution in [3.05, 3.63) is 35.9 Å². The van der Waals surface area contributed by atoms with E-state index < -0.39 is 0 Å².